The number of likely N-dealkylation sites (N-methyl/N-ethyl adjacent to an activating group) is 1. The predicted molar refractivity (Wildman–Crippen MR) is 144 cm³/mol. The topological polar surface area (TPSA) is 70.1 Å². The average molecular weight is 578 g/mol. The highest BCUT2D eigenvalue weighted by molar-refractivity contribution is 9.10. The second-order valence-electron chi connectivity index (χ2n) is 10.5. The van der Waals surface area contributed by atoms with Crippen LogP contribution < -0.4 is 4.90 Å². The van der Waals surface area contributed by atoms with Crippen molar-refractivity contribution in [3.05, 3.63) is 63.6 Å². The van der Waals surface area contributed by atoms with E-state index in [4.69, 9.17) is 4.74 Å². The van der Waals surface area contributed by atoms with Crippen molar-refractivity contribution < 1.29 is 23.5 Å². The maximum absolute atomic E-state index is 15.9. The molecule has 194 valence electrons. The lowest BCUT2D eigenvalue weighted by Gasteiger charge is -2.31. The molecule has 0 aromatic heterocycles. The van der Waals surface area contributed by atoms with Gasteiger partial charge in [-0.1, -0.05) is 43.3 Å². The fourth-order valence-electron chi connectivity index (χ4n) is 6.10. The molecule has 0 aliphatic carbocycles. The molecule has 2 aliphatic heterocycles. The summed E-state index contributed by atoms with van der Waals surface area (Å²) >= 11 is 3.59. The maximum Gasteiger partial charge on any atom is 0.264 e. The molecule has 36 heavy (non-hydrogen) atoms. The molecule has 4 rings (SSSR count). The number of rotatable bonds is 7. The molecule has 0 unspecified atom stereocenters. The second-order valence-corrected chi connectivity index (χ2v) is 15.2. The van der Waals surface area contributed by atoms with Crippen molar-refractivity contribution in [2.75, 3.05) is 25.1 Å². The molecule has 4 atom stereocenters. The van der Waals surface area contributed by atoms with Crippen LogP contribution in [0.25, 0.3) is 0 Å². The Kier molecular flexibility index (Phi) is 7.49. The molecule has 0 radical (unpaired) electrons. The molecule has 2 aromatic carbocycles. The number of ether oxygens (including phenoxy) is 1. The molecule has 6 nitrogen and oxygen atoms in total. The van der Waals surface area contributed by atoms with Gasteiger partial charge in [0.1, 0.15) is 0 Å². The molecule has 2 aromatic rings. The quantitative estimate of drug-likeness (QED) is 0.375. The molecule has 1 N–H and O–H groups in total. The summed E-state index contributed by atoms with van der Waals surface area (Å²) in [5.74, 6) is -0.909. The highest BCUT2D eigenvalue weighted by Crippen LogP contribution is 2.61. The summed E-state index contributed by atoms with van der Waals surface area (Å²) in [4.78, 5) is 30.4. The Morgan fingerprint density at radius 1 is 1.28 bits per heavy atom. The number of aryl methyl sites for hydroxylation is 1. The zero-order valence-electron chi connectivity index (χ0n) is 21.4. The number of anilines is 1. The summed E-state index contributed by atoms with van der Waals surface area (Å²) in [5, 5.41) is 9.61. The van der Waals surface area contributed by atoms with Crippen LogP contribution in [0.3, 0.4) is 0 Å². The van der Waals surface area contributed by atoms with Crippen molar-refractivity contribution in [3.8, 4) is 0 Å². The Morgan fingerprint density at radius 3 is 2.56 bits per heavy atom. The molecule has 1 spiro atoms. The predicted octanol–water partition coefficient (Wildman–Crippen LogP) is 4.92. The molecule has 2 amide bonds. The van der Waals surface area contributed by atoms with E-state index in [1.165, 1.54) is 0 Å². The van der Waals surface area contributed by atoms with Gasteiger partial charge in [0.15, 0.2) is 5.60 Å². The van der Waals surface area contributed by atoms with Gasteiger partial charge in [-0.25, -0.2) is 0 Å². The zero-order chi connectivity index (χ0) is 26.4. The minimum atomic E-state index is -3.37. The van der Waals surface area contributed by atoms with E-state index in [-0.39, 0.29) is 31.4 Å². The molecule has 1 fully saturated rings. The van der Waals surface area contributed by atoms with Crippen LogP contribution in [0, 0.1) is 12.8 Å². The first-order valence-electron chi connectivity index (χ1n) is 12.3. The molecule has 2 aliphatic rings. The van der Waals surface area contributed by atoms with E-state index in [1.54, 1.807) is 29.9 Å². The van der Waals surface area contributed by atoms with E-state index < -0.39 is 31.6 Å². The molecule has 2 heterocycles. The number of hydrogen-bond donors (Lipinski definition) is 1. The Labute approximate surface area is 221 Å². The summed E-state index contributed by atoms with van der Waals surface area (Å²) in [6.45, 7) is 7.41. The van der Waals surface area contributed by atoms with Crippen LogP contribution in [-0.2, 0) is 26.5 Å². The van der Waals surface area contributed by atoms with Crippen molar-refractivity contribution in [1.82, 2.24) is 4.90 Å². The highest BCUT2D eigenvalue weighted by Gasteiger charge is 2.66. The van der Waals surface area contributed by atoms with Gasteiger partial charge >= 0.3 is 0 Å². The van der Waals surface area contributed by atoms with E-state index in [2.05, 4.69) is 15.9 Å². The number of amides is 2. The maximum atomic E-state index is 15.9. The van der Waals surface area contributed by atoms with Crippen LogP contribution in [-0.4, -0.2) is 56.5 Å². The van der Waals surface area contributed by atoms with Gasteiger partial charge < -0.3 is 23.8 Å². The fraction of sp³-hybridized carbons (Fsp3) is 0.481. The SMILES string of the molecule is Cc1cc(Br)c2c(c1)[C@@]1(O[C@H](CC(=O)N(CCO)Cc3ccccc3)[C@@H]([Si](C)(C)F)[C@@H]1C)C(=O)N2C. The van der Waals surface area contributed by atoms with Gasteiger partial charge in [0, 0.05) is 41.6 Å². The van der Waals surface area contributed by atoms with Crippen LogP contribution in [0.1, 0.15) is 30.0 Å². The van der Waals surface area contributed by atoms with E-state index in [0.29, 0.717) is 6.54 Å². The van der Waals surface area contributed by atoms with Crippen LogP contribution in [0.15, 0.2) is 46.9 Å². The smallest absolute Gasteiger partial charge is 0.264 e. The molecule has 0 saturated carbocycles. The van der Waals surface area contributed by atoms with Gasteiger partial charge in [-0.3, -0.25) is 9.59 Å². The fourth-order valence-corrected chi connectivity index (χ4v) is 9.43. The minimum Gasteiger partial charge on any atom is -0.395 e. The van der Waals surface area contributed by atoms with E-state index >= 15 is 4.11 Å². The van der Waals surface area contributed by atoms with Crippen molar-refractivity contribution in [1.29, 1.82) is 0 Å². The van der Waals surface area contributed by atoms with Crippen molar-refractivity contribution in [2.45, 2.75) is 57.2 Å². The first-order valence-corrected chi connectivity index (χ1v) is 16.0. The number of carbonyl (C=O) groups is 2. The van der Waals surface area contributed by atoms with Gasteiger partial charge in [0.2, 0.25) is 14.3 Å². The number of carbonyl (C=O) groups excluding carboxylic acids is 2. The molecule has 1 saturated heterocycles. The Bertz CT molecular complexity index is 1160. The summed E-state index contributed by atoms with van der Waals surface area (Å²) in [7, 11) is -1.66. The molecule has 9 heteroatoms. The normalized spacial score (nSPS) is 25.5. The van der Waals surface area contributed by atoms with E-state index in [0.717, 1.165) is 26.9 Å². The summed E-state index contributed by atoms with van der Waals surface area (Å²) in [6, 6.07) is 13.4. The van der Waals surface area contributed by atoms with Gasteiger partial charge in [0.25, 0.3) is 5.91 Å². The number of aliphatic hydroxyl groups excluding tert-OH is 1. The Balaban J connectivity index is 1.71. The number of halogens is 2. The summed E-state index contributed by atoms with van der Waals surface area (Å²) in [6.07, 6.45) is -0.804. The zero-order valence-corrected chi connectivity index (χ0v) is 24.0. The lowest BCUT2D eigenvalue weighted by atomic mass is 9.82. The highest BCUT2D eigenvalue weighted by atomic mass is 79.9. The molecule has 0 bridgehead atoms. The van der Waals surface area contributed by atoms with Crippen molar-refractivity contribution in [3.63, 3.8) is 0 Å². The van der Waals surface area contributed by atoms with Crippen molar-refractivity contribution >= 4 is 41.8 Å². The van der Waals surface area contributed by atoms with Gasteiger partial charge in [-0.15, -0.1) is 0 Å². The third-order valence-corrected chi connectivity index (χ3v) is 10.7. The Morgan fingerprint density at radius 2 is 1.94 bits per heavy atom. The van der Waals surface area contributed by atoms with Gasteiger partial charge in [-0.05, 0) is 53.1 Å². The Hall–Kier alpha value is -2.07. The van der Waals surface area contributed by atoms with Crippen LogP contribution >= 0.6 is 15.9 Å². The first-order chi connectivity index (χ1) is 16.9. The standard InChI is InChI=1S/C27H34BrFN2O4Si/c1-17-13-20-24(21(28)14-17)30(3)26(34)27(20)18(2)25(36(4,5)29)22(35-27)15-23(33)31(11-12-32)16-19-9-7-6-8-10-19/h6-10,13-14,18,22,25,32H,11-12,15-16H2,1-5H3/t18-,22+,25-,27+/m0/s1. The van der Waals surface area contributed by atoms with E-state index in [1.807, 2.05) is 56.3 Å². The molecular formula is C27H34BrFN2O4Si. The van der Waals surface area contributed by atoms with Gasteiger partial charge in [0.05, 0.1) is 24.8 Å². The summed E-state index contributed by atoms with van der Waals surface area (Å²) in [5.41, 5.74) is 1.46. The van der Waals surface area contributed by atoms with E-state index in [9.17, 15) is 14.7 Å². The monoisotopic (exact) mass is 576 g/mol. The lowest BCUT2D eigenvalue weighted by Crippen LogP contribution is -2.44. The number of aliphatic hydroxyl groups is 1. The number of fused-ring (bicyclic) bond motifs is 2. The minimum absolute atomic E-state index is 0.0523. The average Bonchev–Trinajstić information content (AvgIpc) is 3.21. The lowest BCUT2D eigenvalue weighted by molar-refractivity contribution is -0.149. The third kappa shape index (κ3) is 4.55. The largest absolute Gasteiger partial charge is 0.395 e. The third-order valence-electron chi connectivity index (χ3n) is 7.59. The second kappa shape index (κ2) is 10.0. The molecular weight excluding hydrogens is 543 g/mol. The number of benzene rings is 2. The first kappa shape index (κ1) is 27.0. The van der Waals surface area contributed by atoms with Gasteiger partial charge in [-0.2, -0.15) is 0 Å². The number of hydrogen-bond acceptors (Lipinski definition) is 4. The number of nitrogens with zero attached hydrogens (tertiary/aromatic N) is 2. The van der Waals surface area contributed by atoms with Crippen LogP contribution in [0.2, 0.25) is 18.6 Å². The van der Waals surface area contributed by atoms with Crippen molar-refractivity contribution in [2.24, 2.45) is 5.92 Å². The van der Waals surface area contributed by atoms with Crippen LogP contribution in [0.5, 0.6) is 0 Å². The summed E-state index contributed by atoms with van der Waals surface area (Å²) < 4.78 is 23.3. The van der Waals surface area contributed by atoms with Crippen LogP contribution in [0.4, 0.5) is 9.80 Å².